The summed E-state index contributed by atoms with van der Waals surface area (Å²) in [5, 5.41) is 0. The molecule has 4 N–H and O–H groups in total. The minimum atomic E-state index is -0.0376. The second kappa shape index (κ2) is 11.4. The highest BCUT2D eigenvalue weighted by molar-refractivity contribution is 5.12. The molecule has 3 unspecified atom stereocenters. The summed E-state index contributed by atoms with van der Waals surface area (Å²) >= 11 is 0. The molecule has 0 aromatic carbocycles. The van der Waals surface area contributed by atoms with Crippen LogP contribution in [-0.2, 0) is 18.9 Å². The van der Waals surface area contributed by atoms with Gasteiger partial charge in [0, 0.05) is 0 Å². The Morgan fingerprint density at radius 2 is 1.57 bits per heavy atom. The van der Waals surface area contributed by atoms with E-state index in [0.29, 0.717) is 32.2 Å². The maximum Gasteiger partial charge on any atom is 0.115 e. The normalized spacial score (nSPS) is 34.5. The smallest absolute Gasteiger partial charge is 0.115 e. The molecule has 1 saturated carbocycles. The Kier molecular flexibility index (Phi) is 8.61. The van der Waals surface area contributed by atoms with Crippen molar-refractivity contribution < 1.29 is 18.9 Å². The molecule has 0 radical (unpaired) electrons. The van der Waals surface area contributed by atoms with Gasteiger partial charge in [0.1, 0.15) is 24.4 Å². The zero-order chi connectivity index (χ0) is 20.8. The molecule has 6 heteroatoms. The minimum absolute atomic E-state index is 0.0102. The Morgan fingerprint density at radius 3 is 2.20 bits per heavy atom. The summed E-state index contributed by atoms with van der Waals surface area (Å²) < 4.78 is 25.5. The molecule has 6 atom stereocenters. The van der Waals surface area contributed by atoms with Crippen LogP contribution in [-0.4, -0.2) is 62.9 Å². The molecule has 4 rings (SSSR count). The van der Waals surface area contributed by atoms with Gasteiger partial charge in [-0.2, -0.15) is 0 Å². The van der Waals surface area contributed by atoms with E-state index in [1.54, 1.807) is 0 Å². The molecule has 3 fully saturated rings. The molecule has 2 heterocycles. The highest BCUT2D eigenvalue weighted by atomic mass is 16.6. The van der Waals surface area contributed by atoms with Crippen molar-refractivity contribution in [1.82, 2.24) is 0 Å². The average molecular weight is 423 g/mol. The molecular weight excluding hydrogens is 380 g/mol. The van der Waals surface area contributed by atoms with Gasteiger partial charge in [-0.05, 0) is 75.9 Å². The second-order valence-electron chi connectivity index (χ2n) is 9.55. The van der Waals surface area contributed by atoms with Crippen molar-refractivity contribution in [2.24, 2.45) is 17.4 Å². The van der Waals surface area contributed by atoms with E-state index in [1.165, 1.54) is 50.5 Å². The van der Waals surface area contributed by atoms with Crippen LogP contribution >= 0.6 is 0 Å². The van der Waals surface area contributed by atoms with E-state index in [4.69, 9.17) is 30.4 Å². The summed E-state index contributed by atoms with van der Waals surface area (Å²) in [6, 6.07) is 0. The van der Waals surface area contributed by atoms with Crippen molar-refractivity contribution in [2.45, 2.75) is 107 Å². The van der Waals surface area contributed by atoms with Gasteiger partial charge < -0.3 is 30.4 Å². The third kappa shape index (κ3) is 5.45. The number of allylic oxidation sites excluding steroid dienone is 1. The Labute approximate surface area is 182 Å². The first kappa shape index (κ1) is 22.7. The zero-order valence-corrected chi connectivity index (χ0v) is 18.5. The quantitative estimate of drug-likeness (QED) is 0.526. The molecule has 2 aliphatic carbocycles. The number of ether oxygens (including phenoxy) is 4. The van der Waals surface area contributed by atoms with E-state index in [9.17, 15) is 0 Å². The molecule has 0 amide bonds. The predicted molar refractivity (Wildman–Crippen MR) is 117 cm³/mol. The Bertz CT molecular complexity index is 551. The maximum atomic E-state index is 6.61. The molecule has 0 aromatic heterocycles. The lowest BCUT2D eigenvalue weighted by Crippen LogP contribution is -2.40. The van der Waals surface area contributed by atoms with Crippen molar-refractivity contribution in [3.05, 3.63) is 11.6 Å². The van der Waals surface area contributed by atoms with Gasteiger partial charge in [-0.1, -0.05) is 25.3 Å². The summed E-state index contributed by atoms with van der Waals surface area (Å²) in [5.41, 5.74) is 13.2. The lowest BCUT2D eigenvalue weighted by Gasteiger charge is -2.33. The van der Waals surface area contributed by atoms with Gasteiger partial charge in [0.05, 0.1) is 25.4 Å². The second-order valence-corrected chi connectivity index (χ2v) is 9.55. The van der Waals surface area contributed by atoms with E-state index in [0.717, 1.165) is 25.7 Å². The van der Waals surface area contributed by atoms with Gasteiger partial charge >= 0.3 is 0 Å². The van der Waals surface area contributed by atoms with Crippen LogP contribution in [0.15, 0.2) is 11.6 Å². The lowest BCUT2D eigenvalue weighted by molar-refractivity contribution is -0.101. The van der Waals surface area contributed by atoms with Gasteiger partial charge in [0.15, 0.2) is 0 Å². The fourth-order valence-electron chi connectivity index (χ4n) is 5.83. The fraction of sp³-hybridized carbons (Fsp3) is 0.917. The van der Waals surface area contributed by atoms with Gasteiger partial charge in [0.25, 0.3) is 0 Å². The van der Waals surface area contributed by atoms with Crippen molar-refractivity contribution in [1.29, 1.82) is 0 Å². The van der Waals surface area contributed by atoms with Crippen LogP contribution in [0.5, 0.6) is 0 Å². The predicted octanol–water partition coefficient (Wildman–Crippen LogP) is 3.07. The van der Waals surface area contributed by atoms with E-state index in [-0.39, 0.29) is 36.6 Å². The summed E-state index contributed by atoms with van der Waals surface area (Å²) in [6.07, 6.45) is 15.7. The molecule has 0 bridgehead atoms. The monoisotopic (exact) mass is 422 g/mol. The summed E-state index contributed by atoms with van der Waals surface area (Å²) in [7, 11) is 0. The first-order chi connectivity index (χ1) is 14.8. The standard InChI is InChI=1S/C24H42N2O4/c25-13-11-19(17-7-3-1-4-8-17)29-21-15-27-24-22(16-28-23(21)24)30-20(12-14-26)18-9-5-2-6-10-18/h7,18-24H,1-6,8-16,25-26H2/t19?,20-,21-,22-,23?,24?/m0/s1. The molecule has 2 aliphatic heterocycles. The average Bonchev–Trinajstić information content (AvgIpc) is 3.37. The molecule has 6 nitrogen and oxygen atoms in total. The molecule has 2 saturated heterocycles. The third-order valence-electron chi connectivity index (χ3n) is 7.45. The molecular formula is C24H42N2O4. The first-order valence-electron chi connectivity index (χ1n) is 12.4. The van der Waals surface area contributed by atoms with Gasteiger partial charge in [-0.15, -0.1) is 0 Å². The van der Waals surface area contributed by atoms with Crippen molar-refractivity contribution in [3.8, 4) is 0 Å². The van der Waals surface area contributed by atoms with Gasteiger partial charge in [-0.3, -0.25) is 0 Å². The maximum absolute atomic E-state index is 6.61. The Balaban J connectivity index is 1.34. The summed E-state index contributed by atoms with van der Waals surface area (Å²) in [4.78, 5) is 0. The van der Waals surface area contributed by atoms with Gasteiger partial charge in [0.2, 0.25) is 0 Å². The molecule has 0 aromatic rings. The number of hydrogen-bond acceptors (Lipinski definition) is 6. The van der Waals surface area contributed by atoms with Gasteiger partial charge in [-0.25, -0.2) is 0 Å². The minimum Gasteiger partial charge on any atom is -0.370 e. The Morgan fingerprint density at radius 1 is 0.867 bits per heavy atom. The van der Waals surface area contributed by atoms with E-state index >= 15 is 0 Å². The van der Waals surface area contributed by atoms with Crippen LogP contribution in [0.3, 0.4) is 0 Å². The van der Waals surface area contributed by atoms with Crippen molar-refractivity contribution in [3.63, 3.8) is 0 Å². The van der Waals surface area contributed by atoms with Crippen LogP contribution < -0.4 is 11.5 Å². The molecule has 4 aliphatic rings. The molecule has 30 heavy (non-hydrogen) atoms. The van der Waals surface area contributed by atoms with E-state index in [2.05, 4.69) is 6.08 Å². The third-order valence-corrected chi connectivity index (χ3v) is 7.45. The van der Waals surface area contributed by atoms with E-state index in [1.807, 2.05) is 0 Å². The van der Waals surface area contributed by atoms with Crippen LogP contribution in [0.1, 0.15) is 70.6 Å². The highest BCUT2D eigenvalue weighted by Gasteiger charge is 2.50. The Hall–Kier alpha value is -0.500. The zero-order valence-electron chi connectivity index (χ0n) is 18.5. The fourth-order valence-corrected chi connectivity index (χ4v) is 5.83. The largest absolute Gasteiger partial charge is 0.370 e. The van der Waals surface area contributed by atoms with Crippen molar-refractivity contribution in [2.75, 3.05) is 26.3 Å². The van der Waals surface area contributed by atoms with Crippen molar-refractivity contribution >= 4 is 0 Å². The van der Waals surface area contributed by atoms with Crippen LogP contribution in [0, 0.1) is 5.92 Å². The summed E-state index contributed by atoms with van der Waals surface area (Å²) in [6.45, 7) is 2.48. The van der Waals surface area contributed by atoms with Crippen LogP contribution in [0.2, 0.25) is 0 Å². The van der Waals surface area contributed by atoms with Crippen LogP contribution in [0.4, 0.5) is 0 Å². The molecule has 172 valence electrons. The number of hydrogen-bond donors (Lipinski definition) is 2. The lowest BCUT2D eigenvalue weighted by atomic mass is 9.84. The number of rotatable bonds is 10. The van der Waals surface area contributed by atoms with E-state index < -0.39 is 0 Å². The topological polar surface area (TPSA) is 89.0 Å². The molecule has 0 spiro atoms. The number of fused-ring (bicyclic) bond motifs is 1. The first-order valence-corrected chi connectivity index (χ1v) is 12.4. The number of nitrogens with two attached hydrogens (primary N) is 2. The van der Waals surface area contributed by atoms with Crippen LogP contribution in [0.25, 0.3) is 0 Å². The summed E-state index contributed by atoms with van der Waals surface area (Å²) in [5.74, 6) is 0.627. The SMILES string of the molecule is NCCC(O[C@H]1COC2C1OC[C@@H]2O[C@@H](CCN)C1CCCCC1)C1=CCCCC1. The highest BCUT2D eigenvalue weighted by Crippen LogP contribution is 2.36.